The summed E-state index contributed by atoms with van der Waals surface area (Å²) >= 11 is 0. The molecule has 0 aliphatic carbocycles. The highest BCUT2D eigenvalue weighted by Crippen LogP contribution is 2.31. The van der Waals surface area contributed by atoms with Crippen LogP contribution in [-0.4, -0.2) is 77.7 Å². The summed E-state index contributed by atoms with van der Waals surface area (Å²) in [7, 11) is 1.67. The molecule has 0 unspecified atom stereocenters. The molecule has 10 heteroatoms. The predicted octanol–water partition coefficient (Wildman–Crippen LogP) is 2.02. The molecule has 39 heavy (non-hydrogen) atoms. The lowest BCUT2D eigenvalue weighted by atomic mass is 9.98. The molecule has 2 aromatic carbocycles. The molecule has 3 N–H and O–H groups in total. The average molecular weight is 556 g/mol. The Kier molecular flexibility index (Phi) is 10.5. The van der Waals surface area contributed by atoms with Gasteiger partial charge in [0.1, 0.15) is 12.1 Å². The highest BCUT2D eigenvalue weighted by atomic mass is 35.5. The number of rotatable bonds is 7. The summed E-state index contributed by atoms with van der Waals surface area (Å²) < 4.78 is 0. The van der Waals surface area contributed by atoms with E-state index < -0.39 is 18.1 Å². The van der Waals surface area contributed by atoms with Gasteiger partial charge in [-0.05, 0) is 44.4 Å². The maximum absolute atomic E-state index is 13.9. The van der Waals surface area contributed by atoms with Crippen molar-refractivity contribution in [3.8, 4) is 0 Å². The van der Waals surface area contributed by atoms with E-state index in [-0.39, 0.29) is 54.7 Å². The van der Waals surface area contributed by atoms with Gasteiger partial charge >= 0.3 is 0 Å². The standard InChI is InChI=1S/C29H37N5O4.ClH/c1-19(30-3)27(36)31-24-18-33(20(2)35)17-16-23-14-15-25(34(23)29(24)38)28(37)32-26(21-10-6-4-7-11-21)22-12-8-5-9-13-22;/h4-13,19,23-26,30H,14-18H2,1-3H3,(H,31,36)(H,32,37);1H/t19-,23+,24-,25-;/m0./s1. The fourth-order valence-electron chi connectivity index (χ4n) is 5.34. The first-order valence-corrected chi connectivity index (χ1v) is 13.3. The number of carbonyl (C=O) groups is 4. The van der Waals surface area contributed by atoms with Crippen LogP contribution in [-0.2, 0) is 19.2 Å². The summed E-state index contributed by atoms with van der Waals surface area (Å²) in [6, 6.07) is 16.8. The van der Waals surface area contributed by atoms with Crippen LogP contribution in [0.1, 0.15) is 50.3 Å². The van der Waals surface area contributed by atoms with Crippen molar-refractivity contribution in [3.63, 3.8) is 0 Å². The normalized spacial score (nSPS) is 21.7. The van der Waals surface area contributed by atoms with E-state index in [4.69, 9.17) is 0 Å². The molecule has 0 bridgehead atoms. The van der Waals surface area contributed by atoms with Crippen molar-refractivity contribution in [2.45, 2.75) is 63.3 Å². The zero-order valence-corrected chi connectivity index (χ0v) is 23.4. The number of carbonyl (C=O) groups excluding carboxylic acids is 4. The second-order valence-electron chi connectivity index (χ2n) is 10.1. The van der Waals surface area contributed by atoms with E-state index in [1.807, 2.05) is 60.7 Å². The van der Waals surface area contributed by atoms with Crippen molar-refractivity contribution in [3.05, 3.63) is 71.8 Å². The highest BCUT2D eigenvalue weighted by molar-refractivity contribution is 5.94. The van der Waals surface area contributed by atoms with E-state index in [1.165, 1.54) is 6.92 Å². The minimum Gasteiger partial charge on any atom is -0.343 e. The van der Waals surface area contributed by atoms with E-state index in [0.29, 0.717) is 25.8 Å². The quantitative estimate of drug-likeness (QED) is 0.484. The number of halogens is 1. The third-order valence-electron chi connectivity index (χ3n) is 7.63. The Balaban J connectivity index is 0.00000420. The zero-order valence-electron chi connectivity index (χ0n) is 22.6. The van der Waals surface area contributed by atoms with Crippen molar-refractivity contribution >= 4 is 36.0 Å². The molecular formula is C29H38ClN5O4. The first kappa shape index (κ1) is 30.1. The van der Waals surface area contributed by atoms with E-state index in [1.54, 1.807) is 23.8 Å². The SMILES string of the molecule is CN[C@@H](C)C(=O)N[C@H]1CN(C(C)=O)CC[C@H]2CC[C@@H](C(=O)NC(c3ccccc3)c3ccccc3)N2C1=O.Cl. The maximum Gasteiger partial charge on any atom is 0.247 e. The molecule has 4 amide bonds. The predicted molar refractivity (Wildman–Crippen MR) is 151 cm³/mol. The van der Waals surface area contributed by atoms with Crippen molar-refractivity contribution in [1.82, 2.24) is 25.8 Å². The van der Waals surface area contributed by atoms with Gasteiger partial charge in [0.15, 0.2) is 0 Å². The van der Waals surface area contributed by atoms with Gasteiger partial charge < -0.3 is 25.8 Å². The summed E-state index contributed by atoms with van der Waals surface area (Å²) in [5, 5.41) is 8.89. The molecule has 2 heterocycles. The Hall–Kier alpha value is -3.43. The molecule has 2 aliphatic heterocycles. The van der Waals surface area contributed by atoms with Crippen molar-refractivity contribution in [2.75, 3.05) is 20.1 Å². The number of hydrogen-bond donors (Lipinski definition) is 3. The molecule has 4 atom stereocenters. The third kappa shape index (κ3) is 6.96. The van der Waals surface area contributed by atoms with E-state index in [2.05, 4.69) is 16.0 Å². The Labute approximate surface area is 236 Å². The summed E-state index contributed by atoms with van der Waals surface area (Å²) in [6.45, 7) is 3.71. The first-order chi connectivity index (χ1) is 18.3. The highest BCUT2D eigenvalue weighted by Gasteiger charge is 2.45. The third-order valence-corrected chi connectivity index (χ3v) is 7.63. The van der Waals surface area contributed by atoms with Gasteiger partial charge in [-0.3, -0.25) is 19.2 Å². The van der Waals surface area contributed by atoms with Crippen LogP contribution in [0.2, 0.25) is 0 Å². The molecule has 9 nitrogen and oxygen atoms in total. The lowest BCUT2D eigenvalue weighted by Crippen LogP contribution is -2.62. The van der Waals surface area contributed by atoms with Gasteiger partial charge in [-0.25, -0.2) is 0 Å². The van der Waals surface area contributed by atoms with Crippen molar-refractivity contribution in [2.24, 2.45) is 0 Å². The second-order valence-corrected chi connectivity index (χ2v) is 10.1. The molecule has 2 saturated heterocycles. The Morgan fingerprint density at radius 2 is 1.51 bits per heavy atom. The molecule has 0 saturated carbocycles. The fraction of sp³-hybridized carbons (Fsp3) is 0.448. The molecule has 0 radical (unpaired) electrons. The molecule has 0 aromatic heterocycles. The van der Waals surface area contributed by atoms with Crippen LogP contribution in [0.4, 0.5) is 0 Å². The summed E-state index contributed by atoms with van der Waals surface area (Å²) in [5.41, 5.74) is 1.90. The van der Waals surface area contributed by atoms with Gasteiger partial charge in [0.05, 0.1) is 12.1 Å². The first-order valence-electron chi connectivity index (χ1n) is 13.3. The molecule has 4 rings (SSSR count). The Bertz CT molecular complexity index is 1110. The van der Waals surface area contributed by atoms with Gasteiger partial charge in [0.2, 0.25) is 23.6 Å². The van der Waals surface area contributed by atoms with Crippen molar-refractivity contribution in [1.29, 1.82) is 0 Å². The molecule has 2 fully saturated rings. The topological polar surface area (TPSA) is 111 Å². The number of amides is 4. The number of nitrogens with one attached hydrogen (secondary N) is 3. The van der Waals surface area contributed by atoms with Crippen LogP contribution in [0.3, 0.4) is 0 Å². The zero-order chi connectivity index (χ0) is 27.2. The smallest absolute Gasteiger partial charge is 0.247 e. The number of benzene rings is 2. The summed E-state index contributed by atoms with van der Waals surface area (Å²) in [5.74, 6) is -1.03. The maximum atomic E-state index is 13.9. The minimum atomic E-state index is -0.933. The number of fused-ring (bicyclic) bond motifs is 1. The second kappa shape index (κ2) is 13.6. The van der Waals surface area contributed by atoms with Crippen LogP contribution >= 0.6 is 12.4 Å². The molecule has 0 spiro atoms. The molecular weight excluding hydrogens is 518 g/mol. The van der Waals surface area contributed by atoms with Gasteiger partial charge in [-0.15, -0.1) is 12.4 Å². The molecule has 2 aliphatic rings. The number of hydrogen-bond acceptors (Lipinski definition) is 5. The monoisotopic (exact) mass is 555 g/mol. The summed E-state index contributed by atoms with van der Waals surface area (Å²) in [4.78, 5) is 55.9. The Morgan fingerprint density at radius 3 is 2.05 bits per heavy atom. The largest absolute Gasteiger partial charge is 0.343 e. The summed E-state index contributed by atoms with van der Waals surface area (Å²) in [6.07, 6.45) is 1.76. The van der Waals surface area contributed by atoms with E-state index in [0.717, 1.165) is 11.1 Å². The molecule has 210 valence electrons. The lowest BCUT2D eigenvalue weighted by Gasteiger charge is -2.39. The average Bonchev–Trinajstić information content (AvgIpc) is 3.35. The van der Waals surface area contributed by atoms with E-state index >= 15 is 0 Å². The van der Waals surface area contributed by atoms with Crippen LogP contribution < -0.4 is 16.0 Å². The van der Waals surface area contributed by atoms with Gasteiger partial charge in [-0.1, -0.05) is 60.7 Å². The van der Waals surface area contributed by atoms with Crippen LogP contribution in [0.5, 0.6) is 0 Å². The molecule has 2 aromatic rings. The Morgan fingerprint density at radius 1 is 0.923 bits per heavy atom. The van der Waals surface area contributed by atoms with Gasteiger partial charge in [0, 0.05) is 26.1 Å². The number of likely N-dealkylation sites (N-methyl/N-ethyl adjacent to an activating group) is 1. The minimum absolute atomic E-state index is 0. The fourth-order valence-corrected chi connectivity index (χ4v) is 5.34. The van der Waals surface area contributed by atoms with Gasteiger partial charge in [0.25, 0.3) is 0 Å². The van der Waals surface area contributed by atoms with Crippen LogP contribution in [0.15, 0.2) is 60.7 Å². The lowest BCUT2D eigenvalue weighted by molar-refractivity contribution is -0.146. The van der Waals surface area contributed by atoms with Crippen molar-refractivity contribution < 1.29 is 19.2 Å². The van der Waals surface area contributed by atoms with Crippen LogP contribution in [0.25, 0.3) is 0 Å². The van der Waals surface area contributed by atoms with Gasteiger partial charge in [-0.2, -0.15) is 0 Å². The van der Waals surface area contributed by atoms with Crippen LogP contribution in [0, 0.1) is 0 Å². The number of nitrogens with zero attached hydrogens (tertiary/aromatic N) is 2. The van der Waals surface area contributed by atoms with E-state index in [9.17, 15) is 19.2 Å².